The van der Waals surface area contributed by atoms with Crippen molar-refractivity contribution in [3.8, 4) is 11.5 Å². The summed E-state index contributed by atoms with van der Waals surface area (Å²) >= 11 is 0. The Morgan fingerprint density at radius 3 is 2.57 bits per heavy atom. The Hall–Kier alpha value is -2.96. The lowest BCUT2D eigenvalue weighted by Gasteiger charge is -2.10. The molecular formula is C16H19N3O4. The van der Waals surface area contributed by atoms with E-state index in [1.165, 1.54) is 18.7 Å². The second-order valence-corrected chi connectivity index (χ2v) is 4.57. The van der Waals surface area contributed by atoms with Gasteiger partial charge in [0.2, 0.25) is 5.91 Å². The predicted octanol–water partition coefficient (Wildman–Crippen LogP) is 1.93. The molecule has 2 N–H and O–H groups in total. The molecule has 1 heterocycles. The molecule has 1 amide bonds. The lowest BCUT2D eigenvalue weighted by molar-refractivity contribution is -0.116. The number of nitrogens with zero attached hydrogens (tertiary/aromatic N) is 1. The van der Waals surface area contributed by atoms with Gasteiger partial charge in [-0.2, -0.15) is 0 Å². The molecule has 2 aromatic rings. The first-order chi connectivity index (χ1) is 11.2. The van der Waals surface area contributed by atoms with Gasteiger partial charge in [0.05, 0.1) is 14.2 Å². The summed E-state index contributed by atoms with van der Waals surface area (Å²) in [5.41, 5.74) is 1.45. The molecule has 7 heteroatoms. The van der Waals surface area contributed by atoms with Crippen LogP contribution < -0.4 is 20.1 Å². The first kappa shape index (κ1) is 16.4. The van der Waals surface area contributed by atoms with E-state index in [2.05, 4.69) is 15.6 Å². The minimum atomic E-state index is -0.196. The minimum Gasteiger partial charge on any atom is -0.497 e. The molecule has 1 aromatic carbocycles. The second-order valence-electron chi connectivity index (χ2n) is 4.57. The summed E-state index contributed by atoms with van der Waals surface area (Å²) in [5, 5.41) is 5.96. The molecular weight excluding hydrogens is 298 g/mol. The first-order valence-corrected chi connectivity index (χ1v) is 7.02. The van der Waals surface area contributed by atoms with Crippen LogP contribution in [0.15, 0.2) is 41.3 Å². The number of benzene rings is 1. The Morgan fingerprint density at radius 1 is 1.22 bits per heavy atom. The topological polar surface area (TPSA) is 85.6 Å². The number of anilines is 1. The standard InChI is InChI=1S/C16H19N3O4/c1-21-14-7-13(8-15(9-14)22-2)17-5-6-18-16(20)4-3-12-10-23-11-19-12/h3-4,7-11,17H,5-6H2,1-2H3,(H,18,20)/b4-3+. The van der Waals surface area contributed by atoms with E-state index in [0.29, 0.717) is 30.3 Å². The zero-order valence-electron chi connectivity index (χ0n) is 13.0. The molecule has 2 rings (SSSR count). The van der Waals surface area contributed by atoms with Crippen molar-refractivity contribution >= 4 is 17.7 Å². The van der Waals surface area contributed by atoms with Gasteiger partial charge in [-0.1, -0.05) is 0 Å². The van der Waals surface area contributed by atoms with Crippen LogP contribution in [0.25, 0.3) is 6.08 Å². The summed E-state index contributed by atoms with van der Waals surface area (Å²) < 4.78 is 15.2. The molecule has 23 heavy (non-hydrogen) atoms. The van der Waals surface area contributed by atoms with Gasteiger partial charge in [-0.25, -0.2) is 4.98 Å². The fraction of sp³-hybridized carbons (Fsp3) is 0.250. The molecule has 0 atom stereocenters. The zero-order chi connectivity index (χ0) is 16.5. The fourth-order valence-electron chi connectivity index (χ4n) is 1.83. The van der Waals surface area contributed by atoms with Crippen LogP contribution >= 0.6 is 0 Å². The predicted molar refractivity (Wildman–Crippen MR) is 86.6 cm³/mol. The van der Waals surface area contributed by atoms with Crippen LogP contribution in [0.1, 0.15) is 5.69 Å². The van der Waals surface area contributed by atoms with E-state index in [0.717, 1.165) is 5.69 Å². The summed E-state index contributed by atoms with van der Waals surface area (Å²) in [4.78, 5) is 15.5. The number of ether oxygens (including phenoxy) is 2. The molecule has 0 fully saturated rings. The van der Waals surface area contributed by atoms with E-state index in [1.54, 1.807) is 26.4 Å². The summed E-state index contributed by atoms with van der Waals surface area (Å²) in [6, 6.07) is 5.51. The van der Waals surface area contributed by atoms with Crippen LogP contribution in [0.3, 0.4) is 0 Å². The van der Waals surface area contributed by atoms with Crippen molar-refractivity contribution in [1.29, 1.82) is 0 Å². The van der Waals surface area contributed by atoms with Crippen molar-refractivity contribution in [2.75, 3.05) is 32.6 Å². The highest BCUT2D eigenvalue weighted by molar-refractivity contribution is 5.91. The maximum absolute atomic E-state index is 11.6. The van der Waals surface area contributed by atoms with Crippen LogP contribution in [0.2, 0.25) is 0 Å². The fourth-order valence-corrected chi connectivity index (χ4v) is 1.83. The molecule has 0 unspecified atom stereocenters. The van der Waals surface area contributed by atoms with Crippen molar-refractivity contribution in [2.24, 2.45) is 0 Å². The van der Waals surface area contributed by atoms with Crippen molar-refractivity contribution in [3.63, 3.8) is 0 Å². The molecule has 7 nitrogen and oxygen atoms in total. The highest BCUT2D eigenvalue weighted by atomic mass is 16.5. The smallest absolute Gasteiger partial charge is 0.244 e. The second kappa shape index (κ2) is 8.47. The SMILES string of the molecule is COc1cc(NCCNC(=O)/C=C/c2cocn2)cc(OC)c1. The molecule has 122 valence electrons. The maximum Gasteiger partial charge on any atom is 0.244 e. The van der Waals surface area contributed by atoms with Crippen LogP contribution in [0.5, 0.6) is 11.5 Å². The van der Waals surface area contributed by atoms with Gasteiger partial charge in [0.15, 0.2) is 6.39 Å². The maximum atomic E-state index is 11.6. The normalized spacial score (nSPS) is 10.5. The summed E-state index contributed by atoms with van der Waals surface area (Å²) in [5.74, 6) is 1.20. The Kier molecular flexibility index (Phi) is 6.05. The molecule has 1 aromatic heterocycles. The van der Waals surface area contributed by atoms with E-state index in [-0.39, 0.29) is 5.91 Å². The number of rotatable bonds is 8. The molecule has 0 saturated heterocycles. The van der Waals surface area contributed by atoms with Gasteiger partial charge < -0.3 is 24.5 Å². The van der Waals surface area contributed by atoms with Gasteiger partial charge in [-0.15, -0.1) is 0 Å². The Balaban J connectivity index is 1.75. The average Bonchev–Trinajstić information content (AvgIpc) is 3.10. The van der Waals surface area contributed by atoms with Crippen LogP contribution in [0.4, 0.5) is 5.69 Å². The lowest BCUT2D eigenvalue weighted by Crippen LogP contribution is -2.27. The van der Waals surface area contributed by atoms with Gasteiger partial charge in [0, 0.05) is 43.1 Å². The minimum absolute atomic E-state index is 0.196. The monoisotopic (exact) mass is 317 g/mol. The van der Waals surface area contributed by atoms with Crippen LogP contribution in [-0.2, 0) is 4.79 Å². The van der Waals surface area contributed by atoms with E-state index in [9.17, 15) is 4.79 Å². The van der Waals surface area contributed by atoms with Gasteiger partial charge in [-0.3, -0.25) is 4.79 Å². The third-order valence-electron chi connectivity index (χ3n) is 2.96. The van der Waals surface area contributed by atoms with Gasteiger partial charge in [0.1, 0.15) is 23.5 Å². The number of amides is 1. The Labute approximate surface area is 134 Å². The molecule has 0 radical (unpaired) electrons. The molecule has 0 aliphatic rings. The number of oxazole rings is 1. The number of nitrogens with one attached hydrogen (secondary N) is 2. The molecule has 0 spiro atoms. The van der Waals surface area contributed by atoms with Crippen molar-refractivity contribution in [1.82, 2.24) is 10.3 Å². The number of aromatic nitrogens is 1. The van der Waals surface area contributed by atoms with E-state index in [4.69, 9.17) is 13.9 Å². The molecule has 0 aliphatic carbocycles. The Bertz CT molecular complexity index is 631. The zero-order valence-corrected chi connectivity index (χ0v) is 13.0. The van der Waals surface area contributed by atoms with E-state index >= 15 is 0 Å². The number of methoxy groups -OCH3 is 2. The summed E-state index contributed by atoms with van der Waals surface area (Å²) in [6.45, 7) is 1.04. The summed E-state index contributed by atoms with van der Waals surface area (Å²) in [6.07, 6.45) is 5.76. The van der Waals surface area contributed by atoms with Crippen molar-refractivity contribution in [2.45, 2.75) is 0 Å². The quantitative estimate of drug-likeness (QED) is 0.571. The Morgan fingerprint density at radius 2 is 1.96 bits per heavy atom. The number of carbonyl (C=O) groups excluding carboxylic acids is 1. The lowest BCUT2D eigenvalue weighted by atomic mass is 10.2. The third-order valence-corrected chi connectivity index (χ3v) is 2.96. The van der Waals surface area contributed by atoms with Crippen molar-refractivity contribution in [3.05, 3.63) is 42.6 Å². The van der Waals surface area contributed by atoms with Gasteiger partial charge in [-0.05, 0) is 6.08 Å². The highest BCUT2D eigenvalue weighted by Crippen LogP contribution is 2.25. The van der Waals surface area contributed by atoms with E-state index < -0.39 is 0 Å². The average molecular weight is 317 g/mol. The number of hydrogen-bond donors (Lipinski definition) is 2. The molecule has 0 aliphatic heterocycles. The number of hydrogen-bond acceptors (Lipinski definition) is 6. The van der Waals surface area contributed by atoms with Gasteiger partial charge >= 0.3 is 0 Å². The molecule has 0 bridgehead atoms. The first-order valence-electron chi connectivity index (χ1n) is 7.02. The summed E-state index contributed by atoms with van der Waals surface area (Å²) in [7, 11) is 3.19. The van der Waals surface area contributed by atoms with Crippen LogP contribution in [-0.4, -0.2) is 38.2 Å². The van der Waals surface area contributed by atoms with E-state index in [1.807, 2.05) is 12.1 Å². The highest BCUT2D eigenvalue weighted by Gasteiger charge is 2.01. The van der Waals surface area contributed by atoms with Gasteiger partial charge in [0.25, 0.3) is 0 Å². The van der Waals surface area contributed by atoms with Crippen molar-refractivity contribution < 1.29 is 18.7 Å². The molecule has 0 saturated carbocycles. The number of carbonyl (C=O) groups is 1. The largest absolute Gasteiger partial charge is 0.497 e. The third kappa shape index (κ3) is 5.39. The van der Waals surface area contributed by atoms with Crippen LogP contribution in [0, 0.1) is 0 Å².